The van der Waals surface area contributed by atoms with Gasteiger partial charge in [0.05, 0.1) is 0 Å². The van der Waals surface area contributed by atoms with Gasteiger partial charge in [0.15, 0.2) is 0 Å². The van der Waals surface area contributed by atoms with Crippen LogP contribution in [0.4, 0.5) is 0 Å². The van der Waals surface area contributed by atoms with Crippen LogP contribution >= 0.6 is 22.6 Å². The number of hydrogen-bond acceptors (Lipinski definition) is 1. The lowest BCUT2D eigenvalue weighted by Crippen LogP contribution is -2.00. The van der Waals surface area contributed by atoms with Crippen LogP contribution in [0, 0.1) is 16.4 Å². The SMILES string of the molecule is Cc1ccc(CC(C)C=O)cc1I. The number of carbonyl (C=O) groups excluding carboxylic acids is 1. The van der Waals surface area contributed by atoms with Crippen LogP contribution in [0.2, 0.25) is 0 Å². The van der Waals surface area contributed by atoms with Crippen LogP contribution in [0.3, 0.4) is 0 Å². The van der Waals surface area contributed by atoms with Crippen molar-refractivity contribution < 1.29 is 4.79 Å². The summed E-state index contributed by atoms with van der Waals surface area (Å²) in [4.78, 5) is 10.5. The van der Waals surface area contributed by atoms with Gasteiger partial charge in [-0.1, -0.05) is 19.1 Å². The number of aryl methyl sites for hydroxylation is 1. The predicted octanol–water partition coefficient (Wildman–Crippen LogP) is 2.98. The molecule has 0 saturated carbocycles. The highest BCUT2D eigenvalue weighted by Crippen LogP contribution is 2.15. The van der Waals surface area contributed by atoms with Crippen molar-refractivity contribution in [3.63, 3.8) is 0 Å². The predicted molar refractivity (Wildman–Crippen MR) is 62.8 cm³/mol. The number of hydrogen-bond donors (Lipinski definition) is 0. The number of benzene rings is 1. The highest BCUT2D eigenvalue weighted by molar-refractivity contribution is 14.1. The van der Waals surface area contributed by atoms with Gasteiger partial charge in [0.2, 0.25) is 0 Å². The second kappa shape index (κ2) is 4.74. The third kappa shape index (κ3) is 3.10. The van der Waals surface area contributed by atoms with Gasteiger partial charge in [-0.25, -0.2) is 0 Å². The average molecular weight is 288 g/mol. The van der Waals surface area contributed by atoms with Gasteiger partial charge in [-0.05, 0) is 53.1 Å². The number of rotatable bonds is 3. The van der Waals surface area contributed by atoms with E-state index in [0.29, 0.717) is 0 Å². The van der Waals surface area contributed by atoms with Gasteiger partial charge < -0.3 is 4.79 Å². The van der Waals surface area contributed by atoms with E-state index < -0.39 is 0 Å². The summed E-state index contributed by atoms with van der Waals surface area (Å²) < 4.78 is 1.27. The smallest absolute Gasteiger partial charge is 0.123 e. The lowest BCUT2D eigenvalue weighted by atomic mass is 10.0. The van der Waals surface area contributed by atoms with Crippen LogP contribution in [0.15, 0.2) is 18.2 Å². The van der Waals surface area contributed by atoms with Gasteiger partial charge >= 0.3 is 0 Å². The molecule has 0 aliphatic heterocycles. The molecule has 70 valence electrons. The van der Waals surface area contributed by atoms with Crippen molar-refractivity contribution in [1.29, 1.82) is 0 Å². The number of halogens is 1. The Balaban J connectivity index is 2.79. The molecule has 0 aliphatic carbocycles. The van der Waals surface area contributed by atoms with Crippen molar-refractivity contribution in [3.8, 4) is 0 Å². The standard InChI is InChI=1S/C11H13IO/c1-8(7-13)5-10-4-3-9(2)11(12)6-10/h3-4,6-8H,5H2,1-2H3. The second-order valence-corrected chi connectivity index (χ2v) is 4.56. The van der Waals surface area contributed by atoms with Crippen molar-refractivity contribution in [2.75, 3.05) is 0 Å². The Morgan fingerprint density at radius 2 is 2.23 bits per heavy atom. The molecule has 0 N–H and O–H groups in total. The molecule has 13 heavy (non-hydrogen) atoms. The average Bonchev–Trinajstić information content (AvgIpc) is 2.11. The summed E-state index contributed by atoms with van der Waals surface area (Å²) in [7, 11) is 0. The van der Waals surface area contributed by atoms with Crippen LogP contribution in [0.1, 0.15) is 18.1 Å². The molecule has 1 unspecified atom stereocenters. The maximum atomic E-state index is 10.5. The van der Waals surface area contributed by atoms with Crippen LogP contribution in [-0.4, -0.2) is 6.29 Å². The van der Waals surface area contributed by atoms with E-state index in [0.717, 1.165) is 12.7 Å². The summed E-state index contributed by atoms with van der Waals surface area (Å²) in [5.41, 5.74) is 2.54. The fourth-order valence-corrected chi connectivity index (χ4v) is 1.76. The highest BCUT2D eigenvalue weighted by Gasteiger charge is 2.02. The van der Waals surface area contributed by atoms with E-state index in [4.69, 9.17) is 0 Å². The maximum Gasteiger partial charge on any atom is 0.123 e. The maximum absolute atomic E-state index is 10.5. The summed E-state index contributed by atoms with van der Waals surface area (Å²) in [6, 6.07) is 6.35. The summed E-state index contributed by atoms with van der Waals surface area (Å²) >= 11 is 2.32. The first-order valence-corrected chi connectivity index (χ1v) is 5.41. The molecule has 0 heterocycles. The molecular weight excluding hydrogens is 275 g/mol. The van der Waals surface area contributed by atoms with Crippen molar-refractivity contribution in [1.82, 2.24) is 0 Å². The van der Waals surface area contributed by atoms with Crippen molar-refractivity contribution in [3.05, 3.63) is 32.9 Å². The van der Waals surface area contributed by atoms with E-state index >= 15 is 0 Å². The molecule has 0 aromatic heterocycles. The number of carbonyl (C=O) groups is 1. The molecular formula is C11H13IO. The molecule has 2 heteroatoms. The zero-order valence-corrected chi connectivity index (χ0v) is 10.0. The van der Waals surface area contributed by atoms with Crippen LogP contribution in [-0.2, 0) is 11.2 Å². The minimum Gasteiger partial charge on any atom is -0.303 e. The molecule has 1 aromatic carbocycles. The molecule has 0 radical (unpaired) electrons. The molecule has 0 bridgehead atoms. The summed E-state index contributed by atoms with van der Waals surface area (Å²) in [5.74, 6) is 0.124. The van der Waals surface area contributed by atoms with Gasteiger partial charge in [-0.15, -0.1) is 0 Å². The fourth-order valence-electron chi connectivity index (χ4n) is 1.18. The van der Waals surface area contributed by atoms with Crippen LogP contribution in [0.5, 0.6) is 0 Å². The molecule has 0 fully saturated rings. The monoisotopic (exact) mass is 288 g/mol. The third-order valence-electron chi connectivity index (χ3n) is 2.03. The molecule has 1 aromatic rings. The van der Waals surface area contributed by atoms with E-state index in [1.807, 2.05) is 6.92 Å². The fraction of sp³-hybridized carbons (Fsp3) is 0.364. The molecule has 0 saturated heterocycles. The van der Waals surface area contributed by atoms with Gasteiger partial charge in [0.25, 0.3) is 0 Å². The molecule has 0 amide bonds. The van der Waals surface area contributed by atoms with Gasteiger partial charge in [0.1, 0.15) is 6.29 Å². The first kappa shape index (κ1) is 10.7. The minimum atomic E-state index is 0.124. The van der Waals surface area contributed by atoms with Crippen molar-refractivity contribution in [2.45, 2.75) is 20.3 Å². The molecule has 1 rings (SSSR count). The summed E-state index contributed by atoms with van der Waals surface area (Å²) in [6.07, 6.45) is 1.85. The van der Waals surface area contributed by atoms with Crippen LogP contribution < -0.4 is 0 Å². The lowest BCUT2D eigenvalue weighted by Gasteiger charge is -2.05. The van der Waals surface area contributed by atoms with Crippen molar-refractivity contribution >= 4 is 28.9 Å². The van der Waals surface area contributed by atoms with Crippen LogP contribution in [0.25, 0.3) is 0 Å². The van der Waals surface area contributed by atoms with E-state index in [9.17, 15) is 4.79 Å². The summed E-state index contributed by atoms with van der Waals surface area (Å²) in [6.45, 7) is 4.04. The van der Waals surface area contributed by atoms with E-state index in [2.05, 4.69) is 47.7 Å². The Labute approximate surface area is 92.7 Å². The molecule has 1 atom stereocenters. The number of aldehydes is 1. The summed E-state index contributed by atoms with van der Waals surface area (Å²) in [5, 5.41) is 0. The van der Waals surface area contributed by atoms with E-state index in [-0.39, 0.29) is 5.92 Å². The molecule has 0 aliphatic rings. The van der Waals surface area contributed by atoms with Gasteiger partial charge in [-0.2, -0.15) is 0 Å². The Hall–Kier alpha value is -0.380. The topological polar surface area (TPSA) is 17.1 Å². The Kier molecular flexibility index (Phi) is 3.90. The second-order valence-electron chi connectivity index (χ2n) is 3.40. The van der Waals surface area contributed by atoms with E-state index in [1.165, 1.54) is 14.7 Å². The molecule has 0 spiro atoms. The normalized spacial score (nSPS) is 12.5. The zero-order valence-electron chi connectivity index (χ0n) is 7.88. The Morgan fingerprint density at radius 1 is 1.54 bits per heavy atom. The first-order chi connectivity index (χ1) is 6.13. The highest BCUT2D eigenvalue weighted by atomic mass is 127. The minimum absolute atomic E-state index is 0.124. The quantitative estimate of drug-likeness (QED) is 0.617. The molecule has 1 nitrogen and oxygen atoms in total. The van der Waals surface area contributed by atoms with Gasteiger partial charge in [0, 0.05) is 9.49 Å². The van der Waals surface area contributed by atoms with Crippen molar-refractivity contribution in [2.24, 2.45) is 5.92 Å². The third-order valence-corrected chi connectivity index (χ3v) is 3.19. The Bertz CT molecular complexity index is 307. The van der Waals surface area contributed by atoms with E-state index in [1.54, 1.807) is 0 Å². The Morgan fingerprint density at radius 3 is 2.77 bits per heavy atom. The van der Waals surface area contributed by atoms with Gasteiger partial charge in [-0.3, -0.25) is 0 Å². The largest absolute Gasteiger partial charge is 0.303 e. The first-order valence-electron chi connectivity index (χ1n) is 4.34. The lowest BCUT2D eigenvalue weighted by molar-refractivity contribution is -0.110. The zero-order chi connectivity index (χ0) is 9.84.